The molecule has 1 aliphatic heterocycles. The molecule has 2 N–H and O–H groups in total. The number of rotatable bonds is 3. The number of nitrogens with zero attached hydrogens (tertiary/aromatic N) is 3. The summed E-state index contributed by atoms with van der Waals surface area (Å²) in [4.78, 5) is 39.3. The zero-order valence-electron chi connectivity index (χ0n) is 16.0. The van der Waals surface area contributed by atoms with Crippen LogP contribution in [0.1, 0.15) is 17.3 Å². The molecule has 8 heteroatoms. The van der Waals surface area contributed by atoms with Gasteiger partial charge in [-0.05, 0) is 36.4 Å². The first-order valence-corrected chi connectivity index (χ1v) is 9.85. The van der Waals surface area contributed by atoms with Crippen molar-refractivity contribution in [1.82, 2.24) is 15.0 Å². The van der Waals surface area contributed by atoms with E-state index in [9.17, 15) is 14.7 Å². The maximum absolute atomic E-state index is 13.1. The lowest BCUT2D eigenvalue weighted by Crippen LogP contribution is -2.30. The Balaban J connectivity index is 1.74. The Bertz CT molecular complexity index is 1330. The number of halogens is 1. The number of fused-ring (bicyclic) bond motifs is 1. The van der Waals surface area contributed by atoms with Crippen molar-refractivity contribution in [2.75, 3.05) is 4.90 Å². The molecule has 1 fully saturated rings. The van der Waals surface area contributed by atoms with E-state index >= 15 is 0 Å². The van der Waals surface area contributed by atoms with Crippen LogP contribution in [0.5, 0.6) is 0 Å². The molecule has 1 unspecified atom stereocenters. The molecule has 1 aliphatic rings. The number of ketones is 1. The van der Waals surface area contributed by atoms with Gasteiger partial charge in [0.2, 0.25) is 5.95 Å². The van der Waals surface area contributed by atoms with Gasteiger partial charge < -0.3 is 10.1 Å². The predicted molar refractivity (Wildman–Crippen MR) is 117 cm³/mol. The van der Waals surface area contributed by atoms with Gasteiger partial charge in [-0.1, -0.05) is 41.9 Å². The molecule has 0 spiro atoms. The van der Waals surface area contributed by atoms with Gasteiger partial charge in [-0.3, -0.25) is 19.5 Å². The number of aliphatic hydroxyl groups excluding tert-OH is 1. The fourth-order valence-electron chi connectivity index (χ4n) is 3.71. The Hall–Kier alpha value is -3.97. The number of nitrogens with one attached hydrogen (secondary N) is 1. The molecule has 5 rings (SSSR count). The Morgan fingerprint density at radius 1 is 1.03 bits per heavy atom. The number of amides is 1. The number of aliphatic hydroxyl groups is 1. The fourth-order valence-corrected chi connectivity index (χ4v) is 3.90. The topological polar surface area (TPSA) is 99.2 Å². The average Bonchev–Trinajstić information content (AvgIpc) is 3.32. The van der Waals surface area contributed by atoms with Gasteiger partial charge >= 0.3 is 5.91 Å². The highest BCUT2D eigenvalue weighted by atomic mass is 35.5. The zero-order chi connectivity index (χ0) is 21.5. The molecule has 2 aromatic carbocycles. The van der Waals surface area contributed by atoms with E-state index in [2.05, 4.69) is 15.0 Å². The van der Waals surface area contributed by atoms with Crippen molar-refractivity contribution in [1.29, 1.82) is 0 Å². The highest BCUT2D eigenvalue weighted by molar-refractivity contribution is 6.51. The monoisotopic (exact) mass is 430 g/mol. The van der Waals surface area contributed by atoms with Gasteiger partial charge in [0.05, 0.1) is 22.3 Å². The summed E-state index contributed by atoms with van der Waals surface area (Å²) >= 11 is 6.06. The van der Waals surface area contributed by atoms with Gasteiger partial charge in [-0.25, -0.2) is 4.98 Å². The Labute approximate surface area is 181 Å². The third-order valence-electron chi connectivity index (χ3n) is 5.12. The smallest absolute Gasteiger partial charge is 0.302 e. The number of aromatic nitrogens is 3. The first-order valence-electron chi connectivity index (χ1n) is 9.47. The number of hydrogen-bond donors (Lipinski definition) is 2. The normalized spacial score (nSPS) is 18.1. The van der Waals surface area contributed by atoms with Gasteiger partial charge in [-0.15, -0.1) is 0 Å². The summed E-state index contributed by atoms with van der Waals surface area (Å²) in [5.41, 5.74) is 2.04. The van der Waals surface area contributed by atoms with Crippen LogP contribution in [0.3, 0.4) is 0 Å². The van der Waals surface area contributed by atoms with Crippen molar-refractivity contribution in [3.05, 3.63) is 94.8 Å². The minimum Gasteiger partial charge on any atom is -0.507 e. The minimum atomic E-state index is -0.958. The van der Waals surface area contributed by atoms with E-state index in [1.807, 2.05) is 18.2 Å². The number of aromatic amines is 1. The summed E-state index contributed by atoms with van der Waals surface area (Å²) < 4.78 is 0. The van der Waals surface area contributed by atoms with Crippen LogP contribution in [0.15, 0.2) is 78.5 Å². The molecule has 1 amide bonds. The van der Waals surface area contributed by atoms with Crippen molar-refractivity contribution in [2.24, 2.45) is 0 Å². The van der Waals surface area contributed by atoms with E-state index < -0.39 is 17.7 Å². The maximum Gasteiger partial charge on any atom is 0.302 e. The third kappa shape index (κ3) is 3.15. The summed E-state index contributed by atoms with van der Waals surface area (Å²) in [5, 5.41) is 11.4. The van der Waals surface area contributed by atoms with Crippen molar-refractivity contribution >= 4 is 46.0 Å². The van der Waals surface area contributed by atoms with Crippen LogP contribution in [0, 0.1) is 0 Å². The number of pyridine rings is 1. The number of para-hydroxylation sites is 2. The van der Waals surface area contributed by atoms with Crippen molar-refractivity contribution in [3.63, 3.8) is 0 Å². The van der Waals surface area contributed by atoms with Crippen LogP contribution in [0.4, 0.5) is 5.95 Å². The van der Waals surface area contributed by atoms with Crippen LogP contribution in [0.25, 0.3) is 16.8 Å². The summed E-state index contributed by atoms with van der Waals surface area (Å²) in [6, 6.07) is 18.0. The van der Waals surface area contributed by atoms with Crippen LogP contribution >= 0.6 is 11.6 Å². The molecule has 2 aromatic heterocycles. The second-order valence-corrected chi connectivity index (χ2v) is 7.45. The zero-order valence-corrected chi connectivity index (χ0v) is 16.7. The number of carbonyl (C=O) groups is 2. The molecule has 7 nitrogen and oxygen atoms in total. The van der Waals surface area contributed by atoms with Gasteiger partial charge in [0.25, 0.3) is 5.78 Å². The van der Waals surface area contributed by atoms with E-state index in [1.165, 1.54) is 11.0 Å². The average molecular weight is 431 g/mol. The second kappa shape index (κ2) is 7.37. The van der Waals surface area contributed by atoms with Crippen molar-refractivity contribution < 1.29 is 14.7 Å². The predicted octanol–water partition coefficient (Wildman–Crippen LogP) is 4.24. The van der Waals surface area contributed by atoms with E-state index in [0.717, 1.165) is 0 Å². The third-order valence-corrected chi connectivity index (χ3v) is 5.35. The first kappa shape index (κ1) is 19.0. The SMILES string of the molecule is O=C1C(=O)N(c2nc3ccccc3[nH]2)C(c2ccccn2)/C1=C(\O)c1cccc(Cl)c1. The number of carbonyl (C=O) groups excluding carboxylic acids is 2. The lowest BCUT2D eigenvalue weighted by Gasteiger charge is -2.22. The van der Waals surface area contributed by atoms with E-state index in [1.54, 1.807) is 48.7 Å². The quantitative estimate of drug-likeness (QED) is 0.288. The lowest BCUT2D eigenvalue weighted by atomic mass is 9.98. The number of Topliss-reactive ketones (excluding diaryl/α,β-unsaturated/α-hetero) is 1. The number of imidazole rings is 1. The van der Waals surface area contributed by atoms with Crippen LogP contribution in [0.2, 0.25) is 5.02 Å². The number of hydrogen-bond acceptors (Lipinski definition) is 5. The number of H-pyrrole nitrogens is 1. The maximum atomic E-state index is 13.1. The lowest BCUT2D eigenvalue weighted by molar-refractivity contribution is -0.132. The molecular formula is C23H15ClN4O3. The van der Waals surface area contributed by atoms with Gasteiger partial charge in [0.1, 0.15) is 11.8 Å². The highest BCUT2D eigenvalue weighted by Crippen LogP contribution is 2.41. The molecule has 31 heavy (non-hydrogen) atoms. The molecule has 0 radical (unpaired) electrons. The van der Waals surface area contributed by atoms with E-state index in [-0.39, 0.29) is 17.3 Å². The molecule has 4 aromatic rings. The van der Waals surface area contributed by atoms with Gasteiger partial charge in [0.15, 0.2) is 0 Å². The molecule has 3 heterocycles. The number of anilines is 1. The second-order valence-electron chi connectivity index (χ2n) is 7.01. The standard InChI is InChI=1S/C23H15ClN4O3/c24-14-7-5-6-13(12-14)20(29)18-19(17-10-3-4-11-25-17)28(22(31)21(18)30)23-26-15-8-1-2-9-16(15)27-23/h1-12,19,29H,(H,26,27)/b20-18+. The molecular weight excluding hydrogens is 416 g/mol. The Morgan fingerprint density at radius 2 is 1.84 bits per heavy atom. The van der Waals surface area contributed by atoms with Crippen LogP contribution in [-0.2, 0) is 9.59 Å². The largest absolute Gasteiger partial charge is 0.507 e. The Kier molecular flexibility index (Phi) is 4.52. The number of benzene rings is 2. The highest BCUT2D eigenvalue weighted by Gasteiger charge is 2.48. The molecule has 1 atom stereocenters. The molecule has 0 aliphatic carbocycles. The summed E-state index contributed by atoms with van der Waals surface area (Å²) in [6.07, 6.45) is 1.56. The van der Waals surface area contributed by atoms with Gasteiger partial charge in [-0.2, -0.15) is 0 Å². The fraction of sp³-hybridized carbons (Fsp3) is 0.0435. The van der Waals surface area contributed by atoms with Crippen LogP contribution in [-0.4, -0.2) is 31.7 Å². The van der Waals surface area contributed by atoms with E-state index in [4.69, 9.17) is 11.6 Å². The first-order chi connectivity index (χ1) is 15.0. The molecule has 152 valence electrons. The van der Waals surface area contributed by atoms with E-state index in [0.29, 0.717) is 27.3 Å². The summed E-state index contributed by atoms with van der Waals surface area (Å²) in [5.74, 6) is -1.76. The molecule has 0 bridgehead atoms. The molecule has 0 saturated carbocycles. The van der Waals surface area contributed by atoms with Crippen molar-refractivity contribution in [2.45, 2.75) is 6.04 Å². The summed E-state index contributed by atoms with van der Waals surface area (Å²) in [7, 11) is 0. The molecule has 1 saturated heterocycles. The Morgan fingerprint density at radius 3 is 2.58 bits per heavy atom. The van der Waals surface area contributed by atoms with Crippen molar-refractivity contribution in [3.8, 4) is 0 Å². The summed E-state index contributed by atoms with van der Waals surface area (Å²) in [6.45, 7) is 0. The minimum absolute atomic E-state index is 0.0774. The van der Waals surface area contributed by atoms with Crippen LogP contribution < -0.4 is 4.90 Å². The van der Waals surface area contributed by atoms with Gasteiger partial charge in [0, 0.05) is 16.8 Å².